The third kappa shape index (κ3) is 3.45. The van der Waals surface area contributed by atoms with Gasteiger partial charge in [-0.05, 0) is 70.6 Å². The van der Waals surface area contributed by atoms with Gasteiger partial charge in [0.2, 0.25) is 0 Å². The van der Waals surface area contributed by atoms with Crippen molar-refractivity contribution in [3.8, 4) is 0 Å². The fourth-order valence-corrected chi connectivity index (χ4v) is 3.71. The summed E-state index contributed by atoms with van der Waals surface area (Å²) in [6, 6.07) is 0. The third-order valence-corrected chi connectivity index (χ3v) is 5.09. The maximum absolute atomic E-state index is 3.84. The highest BCUT2D eigenvalue weighted by Gasteiger charge is 2.33. The van der Waals surface area contributed by atoms with E-state index in [2.05, 4.69) is 24.1 Å². The molecule has 0 radical (unpaired) electrons. The van der Waals surface area contributed by atoms with Crippen LogP contribution in [0.5, 0.6) is 0 Å². The van der Waals surface area contributed by atoms with Gasteiger partial charge in [0.1, 0.15) is 0 Å². The second kappa shape index (κ2) is 6.19. The number of hydrogen-bond acceptors (Lipinski definition) is 2. The van der Waals surface area contributed by atoms with Crippen molar-refractivity contribution >= 4 is 0 Å². The lowest BCUT2D eigenvalue weighted by molar-refractivity contribution is 0.134. The van der Waals surface area contributed by atoms with Gasteiger partial charge in [-0.3, -0.25) is 0 Å². The van der Waals surface area contributed by atoms with Crippen molar-refractivity contribution in [2.24, 2.45) is 5.92 Å². The van der Waals surface area contributed by atoms with Crippen molar-refractivity contribution in [2.75, 3.05) is 26.2 Å². The lowest BCUT2D eigenvalue weighted by atomic mass is 9.76. The normalized spacial score (nSPS) is 32.8. The predicted octanol–water partition coefficient (Wildman–Crippen LogP) is 3.03. The van der Waals surface area contributed by atoms with E-state index in [-0.39, 0.29) is 0 Å². The van der Waals surface area contributed by atoms with E-state index in [0.29, 0.717) is 5.54 Å². The molecule has 0 aromatic heterocycles. The Balaban J connectivity index is 1.82. The Hall–Kier alpha value is -0.0800. The molecule has 0 aromatic rings. The van der Waals surface area contributed by atoms with Gasteiger partial charge >= 0.3 is 0 Å². The molecular weight excluding hydrogens is 208 g/mol. The molecule has 2 aliphatic rings. The highest BCUT2D eigenvalue weighted by Crippen LogP contribution is 2.33. The van der Waals surface area contributed by atoms with Crippen molar-refractivity contribution in [3.63, 3.8) is 0 Å². The number of nitrogens with one attached hydrogen (secondary N) is 1. The van der Waals surface area contributed by atoms with E-state index in [1.54, 1.807) is 0 Å². The van der Waals surface area contributed by atoms with Crippen LogP contribution in [0.2, 0.25) is 0 Å². The summed E-state index contributed by atoms with van der Waals surface area (Å²) in [4.78, 5) is 2.60. The van der Waals surface area contributed by atoms with Gasteiger partial charge in [0, 0.05) is 5.54 Å². The molecule has 2 rings (SSSR count). The molecule has 0 amide bonds. The molecule has 0 spiro atoms. The Morgan fingerprint density at radius 2 is 1.94 bits per heavy atom. The zero-order valence-corrected chi connectivity index (χ0v) is 11.8. The van der Waals surface area contributed by atoms with Crippen LogP contribution in [-0.4, -0.2) is 36.6 Å². The topological polar surface area (TPSA) is 15.3 Å². The first-order chi connectivity index (χ1) is 8.28. The largest absolute Gasteiger partial charge is 0.311 e. The monoisotopic (exact) mass is 238 g/mol. The van der Waals surface area contributed by atoms with Crippen LogP contribution in [0.3, 0.4) is 0 Å². The van der Waals surface area contributed by atoms with Crippen molar-refractivity contribution in [1.82, 2.24) is 10.2 Å². The minimum Gasteiger partial charge on any atom is -0.311 e. The molecule has 100 valence electrons. The van der Waals surface area contributed by atoms with Crippen LogP contribution in [0.25, 0.3) is 0 Å². The fraction of sp³-hybridized carbons (Fsp3) is 1.00. The Kier molecular flexibility index (Phi) is 4.87. The fourth-order valence-electron chi connectivity index (χ4n) is 3.71. The molecule has 0 bridgehead atoms. The standard InChI is InChI=1S/C15H30N2/c1-3-15(9-5-6-10-16-15)13-14-7-11-17(4-2)12-8-14/h14,16H,3-13H2,1-2H3. The predicted molar refractivity (Wildman–Crippen MR) is 74.3 cm³/mol. The van der Waals surface area contributed by atoms with Gasteiger partial charge in [-0.1, -0.05) is 20.3 Å². The smallest absolute Gasteiger partial charge is 0.0181 e. The summed E-state index contributed by atoms with van der Waals surface area (Å²) >= 11 is 0. The molecule has 1 N–H and O–H groups in total. The highest BCUT2D eigenvalue weighted by atomic mass is 15.1. The molecule has 2 fully saturated rings. The number of piperidine rings is 2. The van der Waals surface area contributed by atoms with Crippen molar-refractivity contribution in [3.05, 3.63) is 0 Å². The Morgan fingerprint density at radius 1 is 1.18 bits per heavy atom. The molecular formula is C15H30N2. The number of rotatable bonds is 4. The molecule has 2 aliphatic heterocycles. The molecule has 2 heterocycles. The minimum absolute atomic E-state index is 0.497. The van der Waals surface area contributed by atoms with Crippen LogP contribution in [0, 0.1) is 5.92 Å². The van der Waals surface area contributed by atoms with Gasteiger partial charge in [0.05, 0.1) is 0 Å². The number of hydrogen-bond donors (Lipinski definition) is 1. The summed E-state index contributed by atoms with van der Waals surface area (Å²) < 4.78 is 0. The Morgan fingerprint density at radius 3 is 2.47 bits per heavy atom. The molecule has 0 aliphatic carbocycles. The Labute approximate surface area is 107 Å². The SMILES string of the molecule is CCN1CCC(CC2(CC)CCCCN2)CC1. The summed E-state index contributed by atoms with van der Waals surface area (Å²) in [5.41, 5.74) is 0.497. The van der Waals surface area contributed by atoms with E-state index >= 15 is 0 Å². The quantitative estimate of drug-likeness (QED) is 0.810. The van der Waals surface area contributed by atoms with Gasteiger partial charge in [-0.2, -0.15) is 0 Å². The summed E-state index contributed by atoms with van der Waals surface area (Å²) in [5, 5.41) is 3.84. The van der Waals surface area contributed by atoms with E-state index < -0.39 is 0 Å². The zero-order valence-electron chi connectivity index (χ0n) is 11.8. The molecule has 0 aromatic carbocycles. The van der Waals surface area contributed by atoms with Crippen molar-refractivity contribution in [2.45, 2.75) is 64.3 Å². The summed E-state index contributed by atoms with van der Waals surface area (Å²) in [6.07, 6.45) is 9.85. The molecule has 2 saturated heterocycles. The van der Waals surface area contributed by atoms with Gasteiger partial charge < -0.3 is 10.2 Å². The second-order valence-electron chi connectivity index (χ2n) is 6.10. The molecule has 17 heavy (non-hydrogen) atoms. The first-order valence-electron chi connectivity index (χ1n) is 7.75. The lowest BCUT2D eigenvalue weighted by Gasteiger charge is -2.42. The maximum Gasteiger partial charge on any atom is 0.0181 e. The van der Waals surface area contributed by atoms with Crippen LogP contribution in [0.4, 0.5) is 0 Å². The van der Waals surface area contributed by atoms with E-state index in [1.807, 2.05) is 0 Å². The highest BCUT2D eigenvalue weighted by molar-refractivity contribution is 4.92. The molecule has 1 atom stereocenters. The van der Waals surface area contributed by atoms with Crippen LogP contribution in [-0.2, 0) is 0 Å². The zero-order chi connectivity index (χ0) is 12.1. The van der Waals surface area contributed by atoms with Gasteiger partial charge in [0.15, 0.2) is 0 Å². The van der Waals surface area contributed by atoms with Crippen LogP contribution in [0.1, 0.15) is 58.8 Å². The maximum atomic E-state index is 3.84. The van der Waals surface area contributed by atoms with E-state index in [9.17, 15) is 0 Å². The molecule has 2 nitrogen and oxygen atoms in total. The van der Waals surface area contributed by atoms with Gasteiger partial charge in [-0.25, -0.2) is 0 Å². The van der Waals surface area contributed by atoms with E-state index in [1.165, 1.54) is 71.1 Å². The third-order valence-electron chi connectivity index (χ3n) is 5.09. The summed E-state index contributed by atoms with van der Waals surface area (Å²) in [5.74, 6) is 0.975. The average molecular weight is 238 g/mol. The number of likely N-dealkylation sites (tertiary alicyclic amines) is 1. The first-order valence-corrected chi connectivity index (χ1v) is 7.75. The van der Waals surface area contributed by atoms with Crippen molar-refractivity contribution < 1.29 is 0 Å². The van der Waals surface area contributed by atoms with Gasteiger partial charge in [0.25, 0.3) is 0 Å². The van der Waals surface area contributed by atoms with E-state index in [4.69, 9.17) is 0 Å². The summed E-state index contributed by atoms with van der Waals surface area (Å²) in [6.45, 7) is 9.82. The molecule has 2 heteroatoms. The number of nitrogens with zero attached hydrogens (tertiary/aromatic N) is 1. The van der Waals surface area contributed by atoms with Crippen LogP contribution in [0.15, 0.2) is 0 Å². The average Bonchev–Trinajstić information content (AvgIpc) is 2.41. The van der Waals surface area contributed by atoms with Gasteiger partial charge in [-0.15, -0.1) is 0 Å². The van der Waals surface area contributed by atoms with E-state index in [0.717, 1.165) is 5.92 Å². The van der Waals surface area contributed by atoms with Crippen LogP contribution >= 0.6 is 0 Å². The lowest BCUT2D eigenvalue weighted by Crippen LogP contribution is -2.50. The summed E-state index contributed by atoms with van der Waals surface area (Å²) in [7, 11) is 0. The van der Waals surface area contributed by atoms with Crippen molar-refractivity contribution in [1.29, 1.82) is 0 Å². The Bertz CT molecular complexity index is 213. The molecule has 0 saturated carbocycles. The molecule has 1 unspecified atom stereocenters. The first kappa shape index (κ1) is 13.4. The minimum atomic E-state index is 0.497. The second-order valence-corrected chi connectivity index (χ2v) is 6.10. The van der Waals surface area contributed by atoms with Crippen LogP contribution < -0.4 is 5.32 Å².